The van der Waals surface area contributed by atoms with Gasteiger partial charge in [-0.1, -0.05) is 12.1 Å². The molecule has 2 N–H and O–H groups in total. The van der Waals surface area contributed by atoms with Crippen LogP contribution in [0.5, 0.6) is 0 Å². The van der Waals surface area contributed by atoms with Crippen molar-refractivity contribution in [2.75, 3.05) is 6.54 Å². The summed E-state index contributed by atoms with van der Waals surface area (Å²) in [5.41, 5.74) is 0.636. The van der Waals surface area contributed by atoms with Gasteiger partial charge in [0.05, 0.1) is 12.0 Å². The molecule has 1 aliphatic heterocycles. The Morgan fingerprint density at radius 3 is 2.82 bits per heavy atom. The summed E-state index contributed by atoms with van der Waals surface area (Å²) in [6, 6.07) is 6.74. The zero-order chi connectivity index (χ0) is 23.5. The minimum atomic E-state index is -3.05. The Morgan fingerprint density at radius 2 is 2.12 bits per heavy atom. The van der Waals surface area contributed by atoms with Crippen LogP contribution in [0.25, 0.3) is 11.0 Å². The molecule has 0 aliphatic carbocycles. The molecule has 1 aromatic carbocycles. The van der Waals surface area contributed by atoms with E-state index in [2.05, 4.69) is 15.0 Å². The normalized spacial score (nSPS) is 16.6. The Balaban J connectivity index is 1.63. The van der Waals surface area contributed by atoms with Gasteiger partial charge in [0.15, 0.2) is 5.69 Å². The van der Waals surface area contributed by atoms with Crippen molar-refractivity contribution in [1.29, 1.82) is 0 Å². The topological polar surface area (TPSA) is 108 Å². The lowest BCUT2D eigenvalue weighted by atomic mass is 9.99. The highest BCUT2D eigenvalue weighted by atomic mass is 19.3. The third-order valence-corrected chi connectivity index (χ3v) is 5.83. The molecule has 0 fully saturated rings. The van der Waals surface area contributed by atoms with Crippen LogP contribution in [0, 0.1) is 6.92 Å². The van der Waals surface area contributed by atoms with Crippen molar-refractivity contribution in [2.24, 2.45) is 0 Å². The Hall–Kier alpha value is -3.53. The Morgan fingerprint density at radius 1 is 1.33 bits per heavy atom. The number of carbonyl (C=O) groups is 1. The smallest absolute Gasteiger partial charge is 0.292 e. The summed E-state index contributed by atoms with van der Waals surface area (Å²) < 4.78 is 39.0. The van der Waals surface area contributed by atoms with Crippen LogP contribution >= 0.6 is 0 Å². The average Bonchev–Trinajstić information content (AvgIpc) is 3.49. The van der Waals surface area contributed by atoms with Crippen LogP contribution in [-0.4, -0.2) is 37.4 Å². The summed E-state index contributed by atoms with van der Waals surface area (Å²) in [6.45, 7) is 4.86. The maximum absolute atomic E-state index is 13.7. The molecule has 4 aromatic rings. The molecule has 10 heteroatoms. The van der Waals surface area contributed by atoms with Crippen LogP contribution in [0.2, 0.25) is 0 Å². The number of aromatic nitrogens is 3. The van der Waals surface area contributed by atoms with Crippen LogP contribution in [-0.2, 0) is 12.0 Å². The number of amides is 1. The Bertz CT molecular complexity index is 1350. The predicted octanol–water partition coefficient (Wildman–Crippen LogP) is 4.41. The number of nitrogens with one attached hydrogen (secondary N) is 1. The maximum Gasteiger partial charge on any atom is 0.292 e. The molecule has 0 saturated carbocycles. The summed E-state index contributed by atoms with van der Waals surface area (Å²) in [7, 11) is 0. The molecule has 8 nitrogen and oxygen atoms in total. The van der Waals surface area contributed by atoms with Gasteiger partial charge in [-0.2, -0.15) is 0 Å². The largest absolute Gasteiger partial charge is 0.458 e. The molecule has 1 aliphatic rings. The van der Waals surface area contributed by atoms with E-state index in [1.54, 1.807) is 0 Å². The molecule has 1 amide bonds. The Kier molecular flexibility index (Phi) is 4.86. The average molecular weight is 456 g/mol. The first-order chi connectivity index (χ1) is 15.6. The minimum absolute atomic E-state index is 0.218. The lowest BCUT2D eigenvalue weighted by Gasteiger charge is -2.33. The second-order valence-corrected chi connectivity index (χ2v) is 8.65. The fraction of sp³-hybridized carbons (Fsp3) is 0.348. The van der Waals surface area contributed by atoms with Crippen molar-refractivity contribution in [3.05, 3.63) is 70.6 Å². The molecular formula is C23H22F2N4O4. The van der Waals surface area contributed by atoms with Gasteiger partial charge in [-0.15, -0.1) is 0 Å². The first-order valence-corrected chi connectivity index (χ1v) is 10.5. The summed E-state index contributed by atoms with van der Waals surface area (Å²) in [4.78, 5) is 26.1. The van der Waals surface area contributed by atoms with Crippen LogP contribution in [0.15, 0.2) is 39.4 Å². The number of hydrogen-bond acceptors (Lipinski definition) is 6. The highest BCUT2D eigenvalue weighted by Crippen LogP contribution is 2.39. The summed E-state index contributed by atoms with van der Waals surface area (Å²) in [6.07, 6.45) is -1.07. The number of H-pyrrole nitrogens is 1. The van der Waals surface area contributed by atoms with Gasteiger partial charge in [-0.05, 0) is 38.5 Å². The number of aryl methyl sites for hydroxylation is 1. The lowest BCUT2D eigenvalue weighted by Crippen LogP contribution is -2.40. The number of aliphatic hydroxyl groups is 1. The van der Waals surface area contributed by atoms with Crippen molar-refractivity contribution in [3.63, 3.8) is 0 Å². The van der Waals surface area contributed by atoms with E-state index in [9.17, 15) is 18.7 Å². The molecule has 0 bridgehead atoms. The number of oxazole rings is 1. The van der Waals surface area contributed by atoms with E-state index in [0.29, 0.717) is 23.5 Å². The third-order valence-electron chi connectivity index (χ3n) is 5.83. The molecule has 172 valence electrons. The molecule has 0 unspecified atom stereocenters. The number of furan rings is 1. The van der Waals surface area contributed by atoms with Crippen molar-refractivity contribution < 1.29 is 27.5 Å². The van der Waals surface area contributed by atoms with Gasteiger partial charge in [0.2, 0.25) is 11.7 Å². The second-order valence-electron chi connectivity index (χ2n) is 8.65. The van der Waals surface area contributed by atoms with Crippen molar-refractivity contribution in [3.8, 4) is 0 Å². The van der Waals surface area contributed by atoms with Crippen molar-refractivity contribution >= 4 is 16.9 Å². The zero-order valence-corrected chi connectivity index (χ0v) is 18.2. The molecule has 33 heavy (non-hydrogen) atoms. The van der Waals surface area contributed by atoms with Crippen LogP contribution in [0.3, 0.4) is 0 Å². The first-order valence-electron chi connectivity index (χ1n) is 10.5. The predicted molar refractivity (Wildman–Crippen MR) is 113 cm³/mol. The molecule has 1 atom stereocenters. The SMILES string of the molecule is Cc1cccc2oc([C@H]3c4nc[nH]c4CCN3C(=O)c3oc(C(C)(C)O)nc3C(F)F)cc12. The Labute approximate surface area is 187 Å². The van der Waals surface area contributed by atoms with Gasteiger partial charge < -0.3 is 23.8 Å². The standard InChI is InChI=1S/C23H22F2N4O4/c1-11-5-4-6-14-12(11)9-15(32-14)18-16-13(26-10-27-16)7-8-29(18)21(30)19-17(20(24)25)28-22(33-19)23(2,3)31/h4-6,9-10,18,20,31H,7-8H2,1-3H3,(H,26,27)/t18-/m0/s1. The fourth-order valence-electron chi connectivity index (χ4n) is 4.17. The third kappa shape index (κ3) is 3.50. The number of nitrogens with zero attached hydrogens (tertiary/aromatic N) is 3. The number of halogens is 2. The molecule has 3 aromatic heterocycles. The van der Waals surface area contributed by atoms with Gasteiger partial charge >= 0.3 is 0 Å². The van der Waals surface area contributed by atoms with E-state index >= 15 is 0 Å². The van der Waals surface area contributed by atoms with Gasteiger partial charge in [0.25, 0.3) is 12.3 Å². The summed E-state index contributed by atoms with van der Waals surface area (Å²) in [5.74, 6) is -1.27. The van der Waals surface area contributed by atoms with E-state index in [1.165, 1.54) is 25.1 Å². The van der Waals surface area contributed by atoms with Crippen molar-refractivity contribution in [2.45, 2.75) is 45.3 Å². The second kappa shape index (κ2) is 7.51. The van der Waals surface area contributed by atoms with E-state index in [4.69, 9.17) is 8.83 Å². The monoisotopic (exact) mass is 456 g/mol. The van der Waals surface area contributed by atoms with Crippen molar-refractivity contribution in [1.82, 2.24) is 19.9 Å². The number of fused-ring (bicyclic) bond motifs is 2. The molecular weight excluding hydrogens is 434 g/mol. The van der Waals surface area contributed by atoms with Crippen LogP contribution in [0.1, 0.15) is 71.2 Å². The number of benzene rings is 1. The summed E-state index contributed by atoms with van der Waals surface area (Å²) >= 11 is 0. The molecule has 4 heterocycles. The maximum atomic E-state index is 13.7. The highest BCUT2D eigenvalue weighted by Gasteiger charge is 2.41. The number of carbonyl (C=O) groups excluding carboxylic acids is 1. The zero-order valence-electron chi connectivity index (χ0n) is 18.2. The molecule has 0 radical (unpaired) electrons. The van der Waals surface area contributed by atoms with Crippen LogP contribution in [0.4, 0.5) is 8.78 Å². The minimum Gasteiger partial charge on any atom is -0.458 e. The number of aromatic amines is 1. The van der Waals surface area contributed by atoms with Gasteiger partial charge in [0.1, 0.15) is 23.0 Å². The van der Waals surface area contributed by atoms with Gasteiger partial charge in [-0.3, -0.25) is 4.79 Å². The molecule has 0 spiro atoms. The number of rotatable bonds is 4. The number of hydrogen-bond donors (Lipinski definition) is 2. The van der Waals surface area contributed by atoms with E-state index in [-0.39, 0.29) is 12.4 Å². The number of alkyl halides is 2. The summed E-state index contributed by atoms with van der Waals surface area (Å²) in [5, 5.41) is 11.1. The van der Waals surface area contributed by atoms with E-state index < -0.39 is 35.4 Å². The van der Waals surface area contributed by atoms with Gasteiger partial charge in [0, 0.05) is 24.0 Å². The van der Waals surface area contributed by atoms with E-state index in [1.807, 2.05) is 31.2 Å². The molecule has 5 rings (SSSR count). The fourth-order valence-corrected chi connectivity index (χ4v) is 4.17. The molecule has 0 saturated heterocycles. The quantitative estimate of drug-likeness (QED) is 0.471. The first kappa shape index (κ1) is 21.3. The van der Waals surface area contributed by atoms with Gasteiger partial charge in [-0.25, -0.2) is 18.7 Å². The lowest BCUT2D eigenvalue weighted by molar-refractivity contribution is 0.0437. The highest BCUT2D eigenvalue weighted by molar-refractivity contribution is 5.93. The van der Waals surface area contributed by atoms with Crippen LogP contribution < -0.4 is 0 Å². The number of imidazole rings is 1. The van der Waals surface area contributed by atoms with E-state index in [0.717, 1.165) is 16.6 Å².